The van der Waals surface area contributed by atoms with Crippen LogP contribution < -0.4 is 5.32 Å². The van der Waals surface area contributed by atoms with E-state index < -0.39 is 6.09 Å². The van der Waals surface area contributed by atoms with Crippen LogP contribution in [0.25, 0.3) is 0 Å². The van der Waals surface area contributed by atoms with Crippen molar-refractivity contribution in [3.63, 3.8) is 0 Å². The van der Waals surface area contributed by atoms with Crippen molar-refractivity contribution in [1.29, 1.82) is 0 Å². The van der Waals surface area contributed by atoms with Gasteiger partial charge in [-0.25, -0.2) is 9.18 Å². The molecule has 20 heavy (non-hydrogen) atoms. The summed E-state index contributed by atoms with van der Waals surface area (Å²) < 4.78 is 13.3. The molecular formula is C15H21FN2O2. The van der Waals surface area contributed by atoms with E-state index in [1.807, 2.05) is 14.0 Å². The topological polar surface area (TPSA) is 52.6 Å². The summed E-state index contributed by atoms with van der Waals surface area (Å²) in [5.74, 6) is -0.0666. The Balaban J connectivity index is 2.40. The molecule has 0 bridgehead atoms. The van der Waals surface area contributed by atoms with Gasteiger partial charge in [0.1, 0.15) is 5.82 Å². The number of nitrogens with zero attached hydrogens (tertiary/aromatic N) is 1. The molecule has 5 heteroatoms. The molecule has 4 nitrogen and oxygen atoms in total. The van der Waals surface area contributed by atoms with Gasteiger partial charge in [-0.05, 0) is 62.5 Å². The van der Waals surface area contributed by atoms with E-state index in [9.17, 15) is 14.3 Å². The summed E-state index contributed by atoms with van der Waals surface area (Å²) in [4.78, 5) is 13.0. The number of rotatable bonds is 3. The minimum Gasteiger partial charge on any atom is -0.465 e. The maximum Gasteiger partial charge on any atom is 0.407 e. The van der Waals surface area contributed by atoms with Gasteiger partial charge < -0.3 is 15.3 Å². The van der Waals surface area contributed by atoms with Crippen molar-refractivity contribution in [3.05, 3.63) is 35.1 Å². The highest BCUT2D eigenvalue weighted by atomic mass is 19.1. The van der Waals surface area contributed by atoms with Crippen molar-refractivity contribution in [2.75, 3.05) is 20.1 Å². The molecule has 0 unspecified atom stereocenters. The Labute approximate surface area is 118 Å². The fraction of sp³-hybridized carbons (Fsp3) is 0.533. The number of benzene rings is 1. The summed E-state index contributed by atoms with van der Waals surface area (Å²) in [6, 6.07) is 4.40. The second-order valence-corrected chi connectivity index (χ2v) is 5.38. The van der Waals surface area contributed by atoms with Crippen LogP contribution in [0.15, 0.2) is 18.2 Å². The zero-order chi connectivity index (χ0) is 14.7. The fourth-order valence-corrected chi connectivity index (χ4v) is 3.16. The highest BCUT2D eigenvalue weighted by Crippen LogP contribution is 2.37. The number of likely N-dealkylation sites (tertiary alicyclic amines) is 1. The molecule has 1 fully saturated rings. The van der Waals surface area contributed by atoms with Crippen molar-refractivity contribution in [2.45, 2.75) is 25.8 Å². The molecule has 1 saturated heterocycles. The van der Waals surface area contributed by atoms with Gasteiger partial charge in [0.2, 0.25) is 0 Å². The van der Waals surface area contributed by atoms with Gasteiger partial charge in [-0.1, -0.05) is 6.07 Å². The van der Waals surface area contributed by atoms with Crippen LogP contribution in [0.4, 0.5) is 9.18 Å². The number of piperidine rings is 1. The van der Waals surface area contributed by atoms with E-state index in [2.05, 4.69) is 5.32 Å². The first kappa shape index (κ1) is 14.8. The molecule has 0 radical (unpaired) electrons. The predicted molar refractivity (Wildman–Crippen MR) is 75.3 cm³/mol. The molecule has 110 valence electrons. The maximum atomic E-state index is 13.3. The first-order valence-corrected chi connectivity index (χ1v) is 6.94. The molecule has 1 aromatic carbocycles. The van der Waals surface area contributed by atoms with Crippen LogP contribution in [0.2, 0.25) is 0 Å². The number of hydrogen-bond donors (Lipinski definition) is 2. The standard InChI is InChI=1S/C15H21FN2O2/c1-10-8-12(16)5-6-13(10)14-11(9-17-2)4-3-7-18(14)15(19)20/h5-6,8,11,14,17H,3-4,7,9H2,1-2H3,(H,19,20)/t11-,14+/m0/s1. The van der Waals surface area contributed by atoms with Gasteiger partial charge in [0.15, 0.2) is 0 Å². The van der Waals surface area contributed by atoms with Crippen LogP contribution in [0, 0.1) is 18.7 Å². The number of aryl methyl sites for hydroxylation is 1. The average Bonchev–Trinajstić information content (AvgIpc) is 2.39. The largest absolute Gasteiger partial charge is 0.465 e. The lowest BCUT2D eigenvalue weighted by Crippen LogP contribution is -2.44. The Bertz CT molecular complexity index is 491. The smallest absolute Gasteiger partial charge is 0.407 e. The summed E-state index contributed by atoms with van der Waals surface area (Å²) >= 11 is 0. The molecule has 2 atom stereocenters. The quantitative estimate of drug-likeness (QED) is 0.895. The number of carbonyl (C=O) groups is 1. The monoisotopic (exact) mass is 280 g/mol. The van der Waals surface area contributed by atoms with E-state index in [1.54, 1.807) is 6.07 Å². The van der Waals surface area contributed by atoms with E-state index in [-0.39, 0.29) is 17.8 Å². The molecule has 2 rings (SSSR count). The van der Waals surface area contributed by atoms with Gasteiger partial charge in [-0.15, -0.1) is 0 Å². The Morgan fingerprint density at radius 1 is 1.55 bits per heavy atom. The van der Waals surface area contributed by atoms with Crippen molar-refractivity contribution < 1.29 is 14.3 Å². The second kappa shape index (κ2) is 6.22. The van der Waals surface area contributed by atoms with E-state index in [1.165, 1.54) is 17.0 Å². The predicted octanol–water partition coefficient (Wildman–Crippen LogP) is 2.78. The second-order valence-electron chi connectivity index (χ2n) is 5.38. The highest BCUT2D eigenvalue weighted by Gasteiger charge is 2.35. The van der Waals surface area contributed by atoms with E-state index in [0.717, 1.165) is 30.5 Å². The molecule has 1 aliphatic rings. The number of hydrogen-bond acceptors (Lipinski definition) is 2. The molecular weight excluding hydrogens is 259 g/mol. The summed E-state index contributed by atoms with van der Waals surface area (Å²) in [5, 5.41) is 12.6. The first-order chi connectivity index (χ1) is 9.54. The highest BCUT2D eigenvalue weighted by molar-refractivity contribution is 5.66. The average molecular weight is 280 g/mol. The Morgan fingerprint density at radius 2 is 2.30 bits per heavy atom. The van der Waals surface area contributed by atoms with Crippen LogP contribution in [0.5, 0.6) is 0 Å². The summed E-state index contributed by atoms with van der Waals surface area (Å²) in [5.41, 5.74) is 1.72. The number of carboxylic acid groups (broad SMARTS) is 1. The lowest BCUT2D eigenvalue weighted by molar-refractivity contribution is 0.0778. The Hall–Kier alpha value is -1.62. The summed E-state index contributed by atoms with van der Waals surface area (Å²) in [6.45, 7) is 3.13. The van der Waals surface area contributed by atoms with Crippen LogP contribution >= 0.6 is 0 Å². The zero-order valence-electron chi connectivity index (χ0n) is 11.9. The van der Waals surface area contributed by atoms with Crippen molar-refractivity contribution in [2.24, 2.45) is 5.92 Å². The van der Waals surface area contributed by atoms with Crippen LogP contribution in [0.1, 0.15) is 30.0 Å². The summed E-state index contributed by atoms with van der Waals surface area (Å²) in [7, 11) is 1.87. The Kier molecular flexibility index (Phi) is 4.60. The van der Waals surface area contributed by atoms with E-state index in [4.69, 9.17) is 0 Å². The van der Waals surface area contributed by atoms with Crippen molar-refractivity contribution >= 4 is 6.09 Å². The normalized spacial score (nSPS) is 22.9. The maximum absolute atomic E-state index is 13.3. The molecule has 0 aliphatic carbocycles. The number of halogens is 1. The summed E-state index contributed by atoms with van der Waals surface area (Å²) in [6.07, 6.45) is 0.945. The molecule has 2 N–H and O–H groups in total. The SMILES string of the molecule is CNC[C@@H]1CCCN(C(=O)O)[C@H]1c1ccc(F)cc1C. The third-order valence-corrected chi connectivity index (χ3v) is 4.02. The third-order valence-electron chi connectivity index (χ3n) is 4.02. The Morgan fingerprint density at radius 3 is 2.90 bits per heavy atom. The van der Waals surface area contributed by atoms with Crippen LogP contribution in [0.3, 0.4) is 0 Å². The molecule has 1 heterocycles. The van der Waals surface area contributed by atoms with Crippen LogP contribution in [-0.2, 0) is 0 Å². The minimum atomic E-state index is -0.903. The molecule has 1 aromatic rings. The lowest BCUT2D eigenvalue weighted by atomic mass is 9.83. The molecule has 1 amide bonds. The zero-order valence-corrected chi connectivity index (χ0v) is 11.9. The van der Waals surface area contributed by atoms with Crippen molar-refractivity contribution in [1.82, 2.24) is 10.2 Å². The minimum absolute atomic E-state index is 0.200. The van der Waals surface area contributed by atoms with Gasteiger partial charge in [-0.3, -0.25) is 0 Å². The van der Waals surface area contributed by atoms with Gasteiger partial charge >= 0.3 is 6.09 Å². The molecule has 0 aromatic heterocycles. The van der Waals surface area contributed by atoms with E-state index >= 15 is 0 Å². The van der Waals surface area contributed by atoms with Crippen LogP contribution in [-0.4, -0.2) is 36.2 Å². The molecule has 0 spiro atoms. The lowest BCUT2D eigenvalue weighted by Gasteiger charge is -2.40. The van der Waals surface area contributed by atoms with E-state index in [0.29, 0.717) is 6.54 Å². The van der Waals surface area contributed by atoms with Gasteiger partial charge in [-0.2, -0.15) is 0 Å². The fourth-order valence-electron chi connectivity index (χ4n) is 3.16. The number of amides is 1. The van der Waals surface area contributed by atoms with Gasteiger partial charge in [0.25, 0.3) is 0 Å². The molecule has 0 saturated carbocycles. The third kappa shape index (κ3) is 2.93. The van der Waals surface area contributed by atoms with Gasteiger partial charge in [0.05, 0.1) is 6.04 Å². The first-order valence-electron chi connectivity index (χ1n) is 6.94. The number of nitrogens with one attached hydrogen (secondary N) is 1. The van der Waals surface area contributed by atoms with Crippen molar-refractivity contribution in [3.8, 4) is 0 Å². The van der Waals surface area contributed by atoms with Gasteiger partial charge in [0, 0.05) is 6.54 Å². The molecule has 1 aliphatic heterocycles.